The van der Waals surface area contributed by atoms with Crippen molar-refractivity contribution in [2.45, 2.75) is 40.2 Å². The van der Waals surface area contributed by atoms with Gasteiger partial charge in [0.15, 0.2) is 0 Å². The molecule has 4 rings (SSSR count). The minimum absolute atomic E-state index is 0.0514. The SMILES string of the molecule is CCCn1c(=O)c(-c2cc(NC(=O)c3cccc(C)c3)ccc2C)cc2cnc(CCN)cc21. The van der Waals surface area contributed by atoms with Gasteiger partial charge in [0.1, 0.15) is 0 Å². The van der Waals surface area contributed by atoms with Crippen LogP contribution < -0.4 is 16.6 Å². The second-order valence-electron chi connectivity index (χ2n) is 8.64. The van der Waals surface area contributed by atoms with Gasteiger partial charge in [-0.3, -0.25) is 14.6 Å². The number of carbonyl (C=O) groups excluding carboxylic acids is 1. The average Bonchev–Trinajstić information content (AvgIpc) is 2.82. The lowest BCUT2D eigenvalue weighted by Crippen LogP contribution is -2.23. The molecule has 0 aliphatic heterocycles. The van der Waals surface area contributed by atoms with Crippen LogP contribution in [0, 0.1) is 13.8 Å². The highest BCUT2D eigenvalue weighted by molar-refractivity contribution is 6.04. The molecule has 0 atom stereocenters. The fraction of sp³-hybridized carbons (Fsp3) is 0.250. The number of carbonyl (C=O) groups is 1. The lowest BCUT2D eigenvalue weighted by atomic mass is 9.99. The molecule has 4 aromatic rings. The Balaban J connectivity index is 1.79. The number of nitrogens with one attached hydrogen (secondary N) is 1. The van der Waals surface area contributed by atoms with Gasteiger partial charge in [-0.25, -0.2) is 0 Å². The number of amides is 1. The summed E-state index contributed by atoms with van der Waals surface area (Å²) in [6.07, 6.45) is 3.31. The Bertz CT molecular complexity index is 1420. The molecule has 0 bridgehead atoms. The van der Waals surface area contributed by atoms with E-state index in [1.54, 1.807) is 6.07 Å². The van der Waals surface area contributed by atoms with Gasteiger partial charge < -0.3 is 15.6 Å². The number of fused-ring (bicyclic) bond motifs is 1. The van der Waals surface area contributed by atoms with Crippen molar-refractivity contribution >= 4 is 22.5 Å². The Morgan fingerprint density at radius 1 is 1.06 bits per heavy atom. The number of aromatic nitrogens is 2. The minimum Gasteiger partial charge on any atom is -0.330 e. The van der Waals surface area contributed by atoms with Crippen LogP contribution in [-0.4, -0.2) is 22.0 Å². The number of pyridine rings is 2. The van der Waals surface area contributed by atoms with Crippen molar-refractivity contribution in [1.29, 1.82) is 0 Å². The molecule has 2 aromatic carbocycles. The van der Waals surface area contributed by atoms with E-state index in [0.717, 1.165) is 39.7 Å². The normalized spacial score (nSPS) is 11.1. The monoisotopic (exact) mass is 454 g/mol. The van der Waals surface area contributed by atoms with Gasteiger partial charge in [-0.15, -0.1) is 0 Å². The van der Waals surface area contributed by atoms with Gasteiger partial charge in [-0.05, 0) is 74.3 Å². The molecule has 0 radical (unpaired) electrons. The average molecular weight is 455 g/mol. The van der Waals surface area contributed by atoms with Crippen LogP contribution in [0.2, 0.25) is 0 Å². The highest BCUT2D eigenvalue weighted by atomic mass is 16.1. The van der Waals surface area contributed by atoms with Gasteiger partial charge in [-0.1, -0.05) is 30.7 Å². The van der Waals surface area contributed by atoms with Crippen LogP contribution in [0.15, 0.2) is 65.6 Å². The van der Waals surface area contributed by atoms with Gasteiger partial charge >= 0.3 is 0 Å². The summed E-state index contributed by atoms with van der Waals surface area (Å²) < 4.78 is 1.82. The molecule has 0 fully saturated rings. The number of hydrogen-bond acceptors (Lipinski definition) is 4. The van der Waals surface area contributed by atoms with E-state index in [4.69, 9.17) is 5.73 Å². The number of aryl methyl sites for hydroxylation is 3. The van der Waals surface area contributed by atoms with Crippen LogP contribution in [0.1, 0.15) is 40.5 Å². The van der Waals surface area contributed by atoms with Crippen molar-refractivity contribution in [2.75, 3.05) is 11.9 Å². The third kappa shape index (κ3) is 4.77. The highest BCUT2D eigenvalue weighted by Gasteiger charge is 2.15. The predicted octanol–water partition coefficient (Wildman–Crippen LogP) is 4.84. The largest absolute Gasteiger partial charge is 0.330 e. The van der Waals surface area contributed by atoms with Gasteiger partial charge in [0, 0.05) is 47.1 Å². The van der Waals surface area contributed by atoms with E-state index >= 15 is 0 Å². The molecule has 0 aliphatic carbocycles. The first-order valence-electron chi connectivity index (χ1n) is 11.6. The quantitative estimate of drug-likeness (QED) is 0.418. The van der Waals surface area contributed by atoms with E-state index in [0.29, 0.717) is 36.3 Å². The summed E-state index contributed by atoms with van der Waals surface area (Å²) in [7, 11) is 0. The fourth-order valence-corrected chi connectivity index (χ4v) is 4.22. The Morgan fingerprint density at radius 2 is 1.88 bits per heavy atom. The molecule has 3 N–H and O–H groups in total. The summed E-state index contributed by atoms with van der Waals surface area (Å²) in [6.45, 7) is 7.10. The maximum absolute atomic E-state index is 13.6. The second-order valence-corrected chi connectivity index (χ2v) is 8.64. The molecule has 174 valence electrons. The number of nitrogens with zero attached hydrogens (tertiary/aromatic N) is 2. The Hall–Kier alpha value is -3.77. The second kappa shape index (κ2) is 10.0. The molecule has 34 heavy (non-hydrogen) atoms. The van der Waals surface area contributed by atoms with Crippen LogP contribution in [-0.2, 0) is 13.0 Å². The molecule has 0 saturated heterocycles. The summed E-state index contributed by atoms with van der Waals surface area (Å²) in [5.41, 5.74) is 12.0. The van der Waals surface area contributed by atoms with Crippen molar-refractivity contribution in [2.24, 2.45) is 5.73 Å². The van der Waals surface area contributed by atoms with Crippen LogP contribution in [0.3, 0.4) is 0 Å². The Morgan fingerprint density at radius 3 is 2.62 bits per heavy atom. The molecule has 2 heterocycles. The third-order valence-electron chi connectivity index (χ3n) is 5.95. The Labute approximate surface area is 199 Å². The zero-order valence-electron chi connectivity index (χ0n) is 19.9. The van der Waals surface area contributed by atoms with Crippen molar-refractivity contribution in [1.82, 2.24) is 9.55 Å². The molecule has 0 saturated carbocycles. The van der Waals surface area contributed by atoms with E-state index in [2.05, 4.69) is 17.2 Å². The smallest absolute Gasteiger partial charge is 0.258 e. The number of hydrogen-bond donors (Lipinski definition) is 2. The van der Waals surface area contributed by atoms with Crippen LogP contribution in [0.4, 0.5) is 5.69 Å². The molecule has 0 unspecified atom stereocenters. The first-order chi connectivity index (χ1) is 16.4. The van der Waals surface area contributed by atoms with Gasteiger partial charge in [0.05, 0.1) is 5.52 Å². The molecule has 0 spiro atoms. The van der Waals surface area contributed by atoms with Crippen molar-refractivity contribution in [3.63, 3.8) is 0 Å². The zero-order chi connectivity index (χ0) is 24.2. The maximum atomic E-state index is 13.6. The van der Waals surface area contributed by atoms with Crippen LogP contribution in [0.5, 0.6) is 0 Å². The zero-order valence-corrected chi connectivity index (χ0v) is 19.9. The first kappa shape index (κ1) is 23.4. The van der Waals surface area contributed by atoms with E-state index in [9.17, 15) is 9.59 Å². The van der Waals surface area contributed by atoms with Crippen LogP contribution >= 0.6 is 0 Å². The molecular weight excluding hydrogens is 424 g/mol. The first-order valence-corrected chi connectivity index (χ1v) is 11.6. The molecule has 6 nitrogen and oxygen atoms in total. The van der Waals surface area contributed by atoms with Crippen molar-refractivity contribution in [3.8, 4) is 11.1 Å². The topological polar surface area (TPSA) is 90.0 Å². The Kier molecular flexibility index (Phi) is 6.89. The summed E-state index contributed by atoms with van der Waals surface area (Å²) >= 11 is 0. The lowest BCUT2D eigenvalue weighted by Gasteiger charge is -2.15. The standard InChI is InChI=1S/C28H30N4O2/c1-4-12-32-26-16-22(10-11-29)30-17-21(26)14-25(28(32)34)24-15-23(9-8-19(24)3)31-27(33)20-7-5-6-18(2)13-20/h5-9,13-17H,4,10-12,29H2,1-3H3,(H,31,33). The lowest BCUT2D eigenvalue weighted by molar-refractivity contribution is 0.102. The maximum Gasteiger partial charge on any atom is 0.258 e. The van der Waals surface area contributed by atoms with Gasteiger partial charge in [0.2, 0.25) is 0 Å². The summed E-state index contributed by atoms with van der Waals surface area (Å²) in [4.78, 5) is 30.9. The summed E-state index contributed by atoms with van der Waals surface area (Å²) in [5, 5.41) is 3.87. The number of rotatable bonds is 7. The van der Waals surface area contributed by atoms with Crippen molar-refractivity contribution < 1.29 is 4.79 Å². The number of anilines is 1. The summed E-state index contributed by atoms with van der Waals surface area (Å²) in [5.74, 6) is -0.183. The summed E-state index contributed by atoms with van der Waals surface area (Å²) in [6, 6.07) is 17.0. The van der Waals surface area contributed by atoms with Gasteiger partial charge in [0.25, 0.3) is 11.5 Å². The van der Waals surface area contributed by atoms with Crippen LogP contribution in [0.25, 0.3) is 22.0 Å². The molecule has 2 aromatic heterocycles. The number of benzene rings is 2. The fourth-order valence-electron chi connectivity index (χ4n) is 4.22. The number of nitrogens with two attached hydrogens (primary N) is 1. The van der Waals surface area contributed by atoms with E-state index in [1.807, 2.05) is 73.1 Å². The molecule has 1 amide bonds. The molecule has 0 aliphatic rings. The van der Waals surface area contributed by atoms with Gasteiger partial charge in [-0.2, -0.15) is 0 Å². The molecule has 6 heteroatoms. The predicted molar refractivity (Wildman–Crippen MR) is 138 cm³/mol. The third-order valence-corrected chi connectivity index (χ3v) is 5.95. The van der Waals surface area contributed by atoms with E-state index in [1.165, 1.54) is 0 Å². The van der Waals surface area contributed by atoms with Crippen molar-refractivity contribution in [3.05, 3.63) is 93.5 Å². The minimum atomic E-state index is -0.183. The van der Waals surface area contributed by atoms with E-state index < -0.39 is 0 Å². The highest BCUT2D eigenvalue weighted by Crippen LogP contribution is 2.27. The molecular formula is C28H30N4O2. The van der Waals surface area contributed by atoms with E-state index in [-0.39, 0.29) is 11.5 Å².